The van der Waals surface area contributed by atoms with Crippen LogP contribution in [0.4, 0.5) is 21.5 Å². The molecule has 27 heavy (non-hydrogen) atoms. The molecule has 1 aliphatic heterocycles. The summed E-state index contributed by atoms with van der Waals surface area (Å²) in [6, 6.07) is 10.7. The van der Waals surface area contributed by atoms with Gasteiger partial charge in [0.15, 0.2) is 0 Å². The lowest BCUT2D eigenvalue weighted by Gasteiger charge is -2.17. The van der Waals surface area contributed by atoms with Gasteiger partial charge in [-0.1, -0.05) is 19.1 Å². The minimum atomic E-state index is -0.976. The van der Waals surface area contributed by atoms with Crippen LogP contribution in [-0.4, -0.2) is 23.3 Å². The number of carbonyl (C=O) groups excluding carboxylic acids is 2. The van der Waals surface area contributed by atoms with Crippen molar-refractivity contribution in [3.63, 3.8) is 0 Å². The predicted octanol–water partition coefficient (Wildman–Crippen LogP) is 3.29. The third-order valence-corrected chi connectivity index (χ3v) is 4.56. The van der Waals surface area contributed by atoms with Crippen molar-refractivity contribution in [1.82, 2.24) is 0 Å². The predicted molar refractivity (Wildman–Crippen MR) is 98.0 cm³/mol. The van der Waals surface area contributed by atoms with E-state index >= 15 is 0 Å². The fourth-order valence-corrected chi connectivity index (χ4v) is 3.02. The van der Waals surface area contributed by atoms with E-state index in [2.05, 4.69) is 5.32 Å². The van der Waals surface area contributed by atoms with Gasteiger partial charge in [-0.05, 0) is 36.2 Å². The monoisotopic (exact) mass is 371 g/mol. The summed E-state index contributed by atoms with van der Waals surface area (Å²) >= 11 is 0. The number of benzene rings is 2. The number of nitrogens with one attached hydrogen (secondary N) is 1. The smallest absolute Gasteiger partial charge is 0.306 e. The number of nitro benzene ring substituents is 1. The molecule has 0 spiro atoms. The molecule has 1 saturated heterocycles. The molecule has 1 unspecified atom stereocenters. The number of nitrogens with zero attached hydrogens (tertiary/aromatic N) is 2. The van der Waals surface area contributed by atoms with Gasteiger partial charge in [-0.2, -0.15) is 4.39 Å². The Labute approximate surface area is 154 Å². The maximum Gasteiger partial charge on any atom is 0.306 e. The minimum Gasteiger partial charge on any atom is -0.326 e. The number of nitro groups is 1. The third kappa shape index (κ3) is 3.94. The van der Waals surface area contributed by atoms with Gasteiger partial charge in [0, 0.05) is 30.4 Å². The van der Waals surface area contributed by atoms with E-state index in [1.165, 1.54) is 6.07 Å². The quantitative estimate of drug-likeness (QED) is 0.645. The first-order valence-electron chi connectivity index (χ1n) is 8.53. The van der Waals surface area contributed by atoms with E-state index in [1.807, 2.05) is 31.2 Å². The zero-order chi connectivity index (χ0) is 19.6. The lowest BCUT2D eigenvalue weighted by Crippen LogP contribution is -2.28. The highest BCUT2D eigenvalue weighted by atomic mass is 19.1. The lowest BCUT2D eigenvalue weighted by molar-refractivity contribution is -0.387. The van der Waals surface area contributed by atoms with Crippen LogP contribution in [0, 0.1) is 21.8 Å². The number of rotatable bonds is 5. The lowest BCUT2D eigenvalue weighted by atomic mass is 10.1. The number of anilines is 2. The molecular formula is C19H18FN3O4. The third-order valence-electron chi connectivity index (χ3n) is 4.56. The van der Waals surface area contributed by atoms with Gasteiger partial charge >= 0.3 is 5.69 Å². The highest BCUT2D eigenvalue weighted by Crippen LogP contribution is 2.27. The molecule has 8 heteroatoms. The Morgan fingerprint density at radius 1 is 1.30 bits per heavy atom. The van der Waals surface area contributed by atoms with Gasteiger partial charge in [-0.15, -0.1) is 0 Å². The van der Waals surface area contributed by atoms with Gasteiger partial charge in [0.2, 0.25) is 17.6 Å². The van der Waals surface area contributed by atoms with Crippen molar-refractivity contribution in [3.8, 4) is 0 Å². The zero-order valence-electron chi connectivity index (χ0n) is 14.6. The van der Waals surface area contributed by atoms with Crippen molar-refractivity contribution < 1.29 is 18.9 Å². The number of amides is 2. The van der Waals surface area contributed by atoms with Crippen LogP contribution < -0.4 is 10.2 Å². The number of aryl methyl sites for hydroxylation is 1. The fourth-order valence-electron chi connectivity index (χ4n) is 3.02. The summed E-state index contributed by atoms with van der Waals surface area (Å²) in [4.78, 5) is 36.2. The molecular weight excluding hydrogens is 353 g/mol. The minimum absolute atomic E-state index is 0.0463. The number of hydrogen-bond donors (Lipinski definition) is 1. The second-order valence-corrected chi connectivity index (χ2v) is 6.34. The average molecular weight is 371 g/mol. The summed E-state index contributed by atoms with van der Waals surface area (Å²) in [5.74, 6) is -2.16. The second kappa shape index (κ2) is 7.53. The van der Waals surface area contributed by atoms with Crippen molar-refractivity contribution in [1.29, 1.82) is 0 Å². The summed E-state index contributed by atoms with van der Waals surface area (Å²) < 4.78 is 13.4. The van der Waals surface area contributed by atoms with Crippen LogP contribution in [0.3, 0.4) is 0 Å². The topological polar surface area (TPSA) is 92.6 Å². The molecule has 0 aromatic heterocycles. The normalized spacial score (nSPS) is 16.4. The average Bonchev–Trinajstić information content (AvgIpc) is 3.05. The van der Waals surface area contributed by atoms with Crippen molar-refractivity contribution >= 4 is 28.9 Å². The van der Waals surface area contributed by atoms with Gasteiger partial charge in [0.05, 0.1) is 10.8 Å². The number of halogens is 1. The van der Waals surface area contributed by atoms with E-state index in [9.17, 15) is 24.1 Å². The Bertz CT molecular complexity index is 898. The number of carbonyl (C=O) groups is 2. The molecule has 2 amide bonds. The fraction of sp³-hybridized carbons (Fsp3) is 0.263. The van der Waals surface area contributed by atoms with Crippen LogP contribution in [0.25, 0.3) is 0 Å². The Hall–Kier alpha value is -3.29. The molecule has 1 atom stereocenters. The van der Waals surface area contributed by atoms with Gasteiger partial charge in [-0.3, -0.25) is 19.7 Å². The van der Waals surface area contributed by atoms with Gasteiger partial charge in [-0.25, -0.2) is 0 Å². The molecule has 0 aliphatic carbocycles. The summed E-state index contributed by atoms with van der Waals surface area (Å²) in [5, 5.41) is 13.3. The van der Waals surface area contributed by atoms with E-state index in [0.29, 0.717) is 0 Å². The molecule has 3 rings (SSSR count). The van der Waals surface area contributed by atoms with Crippen LogP contribution >= 0.6 is 0 Å². The van der Waals surface area contributed by atoms with Gasteiger partial charge in [0.1, 0.15) is 0 Å². The van der Waals surface area contributed by atoms with Gasteiger partial charge in [0.25, 0.3) is 0 Å². The molecule has 1 fully saturated rings. The Morgan fingerprint density at radius 3 is 2.63 bits per heavy atom. The standard InChI is InChI=1S/C19H18FN3O4/c1-2-12-3-6-15(7-4-12)22-11-13(9-18(22)24)19(25)21-14-5-8-16(20)17(10-14)23(26)27/h3-8,10,13H,2,9,11H2,1H3,(H,21,25). The second-order valence-electron chi connectivity index (χ2n) is 6.34. The van der Waals surface area contributed by atoms with E-state index < -0.39 is 28.3 Å². The summed E-state index contributed by atoms with van der Waals surface area (Å²) in [6.07, 6.45) is 0.938. The van der Waals surface area contributed by atoms with Crippen molar-refractivity contribution in [3.05, 3.63) is 64.0 Å². The highest BCUT2D eigenvalue weighted by molar-refractivity contribution is 6.03. The van der Waals surface area contributed by atoms with E-state index in [4.69, 9.17) is 0 Å². The van der Waals surface area contributed by atoms with Crippen molar-refractivity contribution in [2.75, 3.05) is 16.8 Å². The number of hydrogen-bond acceptors (Lipinski definition) is 4. The van der Waals surface area contributed by atoms with Crippen LogP contribution in [0.15, 0.2) is 42.5 Å². The first-order valence-corrected chi connectivity index (χ1v) is 8.53. The highest BCUT2D eigenvalue weighted by Gasteiger charge is 2.35. The van der Waals surface area contributed by atoms with Crippen LogP contribution in [0.2, 0.25) is 0 Å². The molecule has 1 N–H and O–H groups in total. The molecule has 7 nitrogen and oxygen atoms in total. The Balaban J connectivity index is 1.70. The molecule has 2 aromatic rings. The van der Waals surface area contributed by atoms with Crippen molar-refractivity contribution in [2.45, 2.75) is 19.8 Å². The van der Waals surface area contributed by atoms with E-state index in [-0.39, 0.29) is 24.6 Å². The van der Waals surface area contributed by atoms with Crippen LogP contribution in [-0.2, 0) is 16.0 Å². The van der Waals surface area contributed by atoms with Crippen molar-refractivity contribution in [2.24, 2.45) is 5.92 Å². The molecule has 0 radical (unpaired) electrons. The summed E-state index contributed by atoms with van der Waals surface area (Å²) in [7, 11) is 0. The van der Waals surface area contributed by atoms with E-state index in [1.54, 1.807) is 4.90 Å². The molecule has 140 valence electrons. The largest absolute Gasteiger partial charge is 0.326 e. The molecule has 2 aromatic carbocycles. The van der Waals surface area contributed by atoms with Crippen LogP contribution in [0.5, 0.6) is 0 Å². The Morgan fingerprint density at radius 2 is 2.00 bits per heavy atom. The first kappa shape index (κ1) is 18.5. The first-order chi connectivity index (χ1) is 12.9. The zero-order valence-corrected chi connectivity index (χ0v) is 14.6. The van der Waals surface area contributed by atoms with Crippen LogP contribution in [0.1, 0.15) is 18.9 Å². The van der Waals surface area contributed by atoms with E-state index in [0.717, 1.165) is 29.8 Å². The molecule has 1 aliphatic rings. The maximum absolute atomic E-state index is 13.4. The van der Waals surface area contributed by atoms with Gasteiger partial charge < -0.3 is 10.2 Å². The summed E-state index contributed by atoms with van der Waals surface area (Å²) in [5.41, 5.74) is 1.28. The molecule has 1 heterocycles. The Kier molecular flexibility index (Phi) is 5.16. The molecule has 0 bridgehead atoms. The molecule has 0 saturated carbocycles. The summed E-state index contributed by atoms with van der Waals surface area (Å²) in [6.45, 7) is 2.26. The maximum atomic E-state index is 13.4. The SMILES string of the molecule is CCc1ccc(N2CC(C(=O)Nc3ccc(F)c([N+](=O)[O-])c3)CC2=O)cc1.